The number of hydrogen-bond donors (Lipinski definition) is 0. The molecule has 5 heterocycles. The van der Waals surface area contributed by atoms with E-state index >= 15 is 0 Å². The Morgan fingerprint density at radius 1 is 0.446 bits per heavy atom. The maximum Gasteiger partial charge on any atom is 0.167 e. The van der Waals surface area contributed by atoms with Gasteiger partial charge < -0.3 is 8.83 Å². The molecular weight excluding hydrogens is 835 g/mol. The van der Waals surface area contributed by atoms with E-state index in [1.807, 2.05) is 89.4 Å². The van der Waals surface area contributed by atoms with Gasteiger partial charge in [-0.15, -0.1) is 22.7 Å². The molecule has 0 bridgehead atoms. The van der Waals surface area contributed by atoms with Crippen molar-refractivity contribution in [1.82, 2.24) is 15.0 Å². The Hall–Kier alpha value is -7.97. The van der Waals surface area contributed by atoms with E-state index in [1.54, 1.807) is 6.08 Å². The van der Waals surface area contributed by atoms with Crippen LogP contribution in [0.3, 0.4) is 0 Å². The summed E-state index contributed by atoms with van der Waals surface area (Å²) in [5.41, 5.74) is 10.6. The summed E-state index contributed by atoms with van der Waals surface area (Å²) >= 11 is 3.70. The van der Waals surface area contributed by atoms with E-state index in [0.717, 1.165) is 66.5 Å². The van der Waals surface area contributed by atoms with Crippen LogP contribution in [0, 0.1) is 6.92 Å². The molecule has 0 unspecified atom stereocenters. The maximum atomic E-state index is 6.60. The Morgan fingerprint density at radius 3 is 2.02 bits per heavy atom. The van der Waals surface area contributed by atoms with Gasteiger partial charge in [0, 0.05) is 73.2 Å². The van der Waals surface area contributed by atoms with Crippen molar-refractivity contribution in [1.29, 1.82) is 0 Å². The minimum Gasteiger partial charge on any atom is -0.456 e. The van der Waals surface area contributed by atoms with Gasteiger partial charge in [-0.25, -0.2) is 15.0 Å². The molecule has 0 aliphatic heterocycles. The Labute approximate surface area is 380 Å². The van der Waals surface area contributed by atoms with Crippen LogP contribution in [-0.2, 0) is 0 Å². The first-order chi connectivity index (χ1) is 32.1. The van der Waals surface area contributed by atoms with E-state index in [-0.39, 0.29) is 0 Å². The SMILES string of the molecule is C=C/C=C\c1oc2c(-c3nc(-c4ccccc4)nc(-c4cccc5oc6ccc(-c7cccc8sc9ccc(-c%10ccc%11c(c%10)sc%10ccccc%10%11)cc9c78)cc6c45)n3)cccc2c1C. The number of fused-ring (bicyclic) bond motifs is 10. The Balaban J connectivity index is 0.976. The van der Waals surface area contributed by atoms with Crippen LogP contribution in [0.1, 0.15) is 11.3 Å². The fourth-order valence-corrected chi connectivity index (χ4v) is 11.7. The molecule has 0 aliphatic rings. The van der Waals surface area contributed by atoms with Gasteiger partial charge in [0.05, 0.1) is 5.56 Å². The molecule has 0 amide bonds. The van der Waals surface area contributed by atoms with Crippen molar-refractivity contribution in [3.8, 4) is 56.4 Å². The first-order valence-corrected chi connectivity index (χ1v) is 23.2. The second-order valence-electron chi connectivity index (χ2n) is 16.3. The first-order valence-electron chi connectivity index (χ1n) is 21.5. The molecule has 0 saturated carbocycles. The number of nitrogens with zero attached hydrogens (tertiary/aromatic N) is 3. The average molecular weight is 870 g/mol. The van der Waals surface area contributed by atoms with E-state index in [9.17, 15) is 0 Å². The van der Waals surface area contributed by atoms with E-state index in [1.165, 1.54) is 57.0 Å². The van der Waals surface area contributed by atoms with Gasteiger partial charge in [-0.1, -0.05) is 128 Å². The zero-order chi connectivity index (χ0) is 43.2. The number of hydrogen-bond acceptors (Lipinski definition) is 7. The lowest BCUT2D eigenvalue weighted by Crippen LogP contribution is -2.00. The zero-order valence-electron chi connectivity index (χ0n) is 35.0. The second kappa shape index (κ2) is 14.8. The van der Waals surface area contributed by atoms with Gasteiger partial charge in [0.2, 0.25) is 0 Å². The lowest BCUT2D eigenvalue weighted by atomic mass is 9.95. The number of para-hydroxylation sites is 1. The van der Waals surface area contributed by atoms with Crippen LogP contribution in [0.15, 0.2) is 191 Å². The Kier molecular flexibility index (Phi) is 8.56. The second-order valence-corrected chi connectivity index (χ2v) is 18.5. The highest BCUT2D eigenvalue weighted by Crippen LogP contribution is 2.45. The van der Waals surface area contributed by atoms with Crippen LogP contribution in [0.4, 0.5) is 0 Å². The van der Waals surface area contributed by atoms with Gasteiger partial charge >= 0.3 is 0 Å². The number of rotatable bonds is 7. The highest BCUT2D eigenvalue weighted by molar-refractivity contribution is 7.26. The van der Waals surface area contributed by atoms with Gasteiger partial charge in [-0.05, 0) is 89.9 Å². The molecule has 306 valence electrons. The molecule has 7 heteroatoms. The van der Waals surface area contributed by atoms with E-state index in [4.69, 9.17) is 23.8 Å². The molecule has 0 N–H and O–H groups in total. The number of benzene rings is 8. The average Bonchev–Trinajstić information content (AvgIpc) is 4.12. The van der Waals surface area contributed by atoms with Crippen molar-refractivity contribution in [2.75, 3.05) is 0 Å². The molecule has 5 aromatic heterocycles. The molecule has 0 atom stereocenters. The van der Waals surface area contributed by atoms with Crippen LogP contribution in [-0.4, -0.2) is 15.0 Å². The summed E-state index contributed by atoms with van der Waals surface area (Å²) in [6, 6.07) is 58.0. The highest BCUT2D eigenvalue weighted by Gasteiger charge is 2.22. The topological polar surface area (TPSA) is 65.0 Å². The van der Waals surface area contributed by atoms with Gasteiger partial charge in [-0.3, -0.25) is 0 Å². The van der Waals surface area contributed by atoms with Crippen molar-refractivity contribution in [3.05, 3.63) is 194 Å². The molecule has 13 aromatic rings. The zero-order valence-corrected chi connectivity index (χ0v) is 36.6. The van der Waals surface area contributed by atoms with Crippen molar-refractivity contribution < 1.29 is 8.83 Å². The highest BCUT2D eigenvalue weighted by atomic mass is 32.1. The first kappa shape index (κ1) is 37.6. The van der Waals surface area contributed by atoms with Crippen molar-refractivity contribution in [2.24, 2.45) is 0 Å². The van der Waals surface area contributed by atoms with Crippen LogP contribution < -0.4 is 0 Å². The largest absolute Gasteiger partial charge is 0.456 e. The van der Waals surface area contributed by atoms with E-state index in [0.29, 0.717) is 17.5 Å². The van der Waals surface area contributed by atoms with E-state index in [2.05, 4.69) is 123 Å². The molecular formula is C58H35N3O2S2. The van der Waals surface area contributed by atoms with Crippen LogP contribution in [0.5, 0.6) is 0 Å². The summed E-state index contributed by atoms with van der Waals surface area (Å²) in [6.45, 7) is 5.91. The predicted octanol–water partition coefficient (Wildman–Crippen LogP) is 17.1. The van der Waals surface area contributed by atoms with Crippen molar-refractivity contribution >= 4 is 102 Å². The lowest BCUT2D eigenvalue weighted by molar-refractivity contribution is 0.602. The number of allylic oxidation sites excluding steroid dienone is 2. The molecule has 0 fully saturated rings. The fourth-order valence-electron chi connectivity index (χ4n) is 9.42. The third kappa shape index (κ3) is 6.08. The number of thiophene rings is 2. The smallest absolute Gasteiger partial charge is 0.167 e. The molecule has 5 nitrogen and oxygen atoms in total. The van der Waals surface area contributed by atoms with Gasteiger partial charge in [-0.2, -0.15) is 0 Å². The van der Waals surface area contributed by atoms with E-state index < -0.39 is 0 Å². The standard InChI is InChI=1S/C58H35N3O2S2/c1-3-4-20-46-33(2)38-16-10-19-43(55(38)63-46)58-60-56(34-13-6-5-7-14-34)59-57(61-58)42-18-11-21-48-53(42)44-31-37(25-28-47(44)62-48)39-17-12-23-51-54(39)45-30-35(26-29-50(45)64-51)36-24-27-41-40-15-8-9-22-49(40)65-52(41)32-36/h3-32H,1H2,2H3/b20-4-. The van der Waals surface area contributed by atoms with Gasteiger partial charge in [0.15, 0.2) is 17.5 Å². The minimum absolute atomic E-state index is 0.525. The van der Waals surface area contributed by atoms with Gasteiger partial charge in [0.25, 0.3) is 0 Å². The Morgan fingerprint density at radius 2 is 1.11 bits per heavy atom. The molecule has 0 saturated heterocycles. The molecule has 13 rings (SSSR count). The monoisotopic (exact) mass is 869 g/mol. The number of aromatic nitrogens is 3. The predicted molar refractivity (Wildman–Crippen MR) is 274 cm³/mol. The summed E-state index contributed by atoms with van der Waals surface area (Å²) in [5.74, 6) is 2.41. The van der Waals surface area contributed by atoms with Crippen LogP contribution in [0.25, 0.3) is 136 Å². The van der Waals surface area contributed by atoms with Crippen LogP contribution in [0.2, 0.25) is 0 Å². The molecule has 0 spiro atoms. The van der Waals surface area contributed by atoms with Gasteiger partial charge in [0.1, 0.15) is 22.5 Å². The lowest BCUT2D eigenvalue weighted by Gasteiger charge is -2.10. The van der Waals surface area contributed by atoms with Crippen molar-refractivity contribution in [3.63, 3.8) is 0 Å². The third-order valence-electron chi connectivity index (χ3n) is 12.5. The minimum atomic E-state index is 0.525. The normalized spacial score (nSPS) is 12.1. The summed E-state index contributed by atoms with van der Waals surface area (Å²) in [6.07, 6.45) is 5.56. The summed E-state index contributed by atoms with van der Waals surface area (Å²) in [7, 11) is 0. The molecule has 8 aromatic carbocycles. The maximum absolute atomic E-state index is 6.60. The quantitative estimate of drug-likeness (QED) is 0.149. The summed E-state index contributed by atoms with van der Waals surface area (Å²) in [5, 5.41) is 8.08. The number of aryl methyl sites for hydroxylation is 1. The molecule has 65 heavy (non-hydrogen) atoms. The molecule has 0 radical (unpaired) electrons. The third-order valence-corrected chi connectivity index (χ3v) is 14.8. The fraction of sp³-hybridized carbons (Fsp3) is 0.0172. The Bertz CT molecular complexity index is 4110. The van der Waals surface area contributed by atoms with Crippen LogP contribution >= 0.6 is 22.7 Å². The summed E-state index contributed by atoms with van der Waals surface area (Å²) < 4.78 is 18.2. The molecule has 0 aliphatic carbocycles. The number of furan rings is 2. The van der Waals surface area contributed by atoms with Crippen molar-refractivity contribution in [2.45, 2.75) is 6.92 Å². The summed E-state index contributed by atoms with van der Waals surface area (Å²) in [4.78, 5) is 15.5.